The van der Waals surface area contributed by atoms with Crippen LogP contribution in [0.15, 0.2) is 24.3 Å². The molecular formula is C16H27NO3. The molecule has 0 amide bonds. The highest BCUT2D eigenvalue weighted by Gasteiger charge is 2.04. The lowest BCUT2D eigenvalue weighted by atomic mass is 10.2. The summed E-state index contributed by atoms with van der Waals surface area (Å²) in [7, 11) is 0. The number of aliphatic hydroxyl groups is 1. The van der Waals surface area contributed by atoms with Crippen molar-refractivity contribution in [3.05, 3.63) is 29.8 Å². The lowest BCUT2D eigenvalue weighted by Crippen LogP contribution is -2.33. The first-order valence-corrected chi connectivity index (χ1v) is 7.38. The van der Waals surface area contributed by atoms with Crippen LogP contribution in [0.5, 0.6) is 5.75 Å². The Morgan fingerprint density at radius 3 is 2.90 bits per heavy atom. The average molecular weight is 281 g/mol. The molecule has 2 N–H and O–H groups in total. The molecule has 0 aliphatic heterocycles. The van der Waals surface area contributed by atoms with E-state index in [0.29, 0.717) is 19.8 Å². The summed E-state index contributed by atoms with van der Waals surface area (Å²) in [6.45, 7) is 7.24. The zero-order valence-electron chi connectivity index (χ0n) is 12.6. The Morgan fingerprint density at radius 2 is 2.15 bits per heavy atom. The van der Waals surface area contributed by atoms with Gasteiger partial charge in [-0.25, -0.2) is 0 Å². The highest BCUT2D eigenvalue weighted by atomic mass is 16.5. The van der Waals surface area contributed by atoms with Crippen LogP contribution in [0.25, 0.3) is 0 Å². The van der Waals surface area contributed by atoms with Crippen molar-refractivity contribution in [3.63, 3.8) is 0 Å². The van der Waals surface area contributed by atoms with Crippen molar-refractivity contribution < 1.29 is 14.6 Å². The van der Waals surface area contributed by atoms with Crippen LogP contribution >= 0.6 is 0 Å². The summed E-state index contributed by atoms with van der Waals surface area (Å²) >= 11 is 0. The molecule has 0 saturated carbocycles. The van der Waals surface area contributed by atoms with E-state index in [0.717, 1.165) is 37.3 Å². The minimum absolute atomic E-state index is 0.299. The van der Waals surface area contributed by atoms with Crippen LogP contribution in [-0.2, 0) is 4.74 Å². The van der Waals surface area contributed by atoms with Crippen LogP contribution in [0, 0.1) is 6.92 Å². The van der Waals surface area contributed by atoms with Gasteiger partial charge in [-0.3, -0.25) is 0 Å². The van der Waals surface area contributed by atoms with Crippen LogP contribution in [0.3, 0.4) is 0 Å². The summed E-state index contributed by atoms with van der Waals surface area (Å²) < 4.78 is 11.0. The molecular weight excluding hydrogens is 254 g/mol. The Kier molecular flexibility index (Phi) is 9.04. The molecule has 1 atom stereocenters. The number of rotatable bonds is 11. The minimum Gasteiger partial charge on any atom is -0.491 e. The third-order valence-corrected chi connectivity index (χ3v) is 2.88. The van der Waals surface area contributed by atoms with Gasteiger partial charge in [0.2, 0.25) is 0 Å². The zero-order valence-corrected chi connectivity index (χ0v) is 12.6. The molecule has 0 aromatic heterocycles. The molecule has 20 heavy (non-hydrogen) atoms. The summed E-state index contributed by atoms with van der Waals surface area (Å²) in [6, 6.07) is 7.82. The van der Waals surface area contributed by atoms with Crippen LogP contribution in [0.1, 0.15) is 25.3 Å². The van der Waals surface area contributed by atoms with Crippen molar-refractivity contribution in [1.29, 1.82) is 0 Å². The second kappa shape index (κ2) is 10.7. The fraction of sp³-hybridized carbons (Fsp3) is 0.625. The molecule has 0 spiro atoms. The number of ether oxygens (including phenoxy) is 2. The van der Waals surface area contributed by atoms with E-state index in [1.807, 2.05) is 31.2 Å². The third-order valence-electron chi connectivity index (χ3n) is 2.88. The Hall–Kier alpha value is -1.10. The van der Waals surface area contributed by atoms with Crippen molar-refractivity contribution in [2.24, 2.45) is 0 Å². The summed E-state index contributed by atoms with van der Waals surface area (Å²) in [4.78, 5) is 0. The van der Waals surface area contributed by atoms with Gasteiger partial charge in [-0.15, -0.1) is 0 Å². The molecule has 4 heteroatoms. The van der Waals surface area contributed by atoms with Gasteiger partial charge in [-0.2, -0.15) is 0 Å². The quantitative estimate of drug-likeness (QED) is 0.610. The zero-order chi connectivity index (χ0) is 14.6. The lowest BCUT2D eigenvalue weighted by molar-refractivity contribution is 0.0982. The Bertz CT molecular complexity index is 357. The van der Waals surface area contributed by atoms with E-state index in [2.05, 4.69) is 12.2 Å². The predicted molar refractivity (Wildman–Crippen MR) is 81.3 cm³/mol. The van der Waals surface area contributed by atoms with Crippen molar-refractivity contribution in [2.45, 2.75) is 32.8 Å². The number of hydrogen-bond donors (Lipinski definition) is 2. The Labute approximate surface area is 122 Å². The molecule has 0 bridgehead atoms. The summed E-state index contributed by atoms with van der Waals surface area (Å²) in [5.74, 6) is 0.798. The van der Waals surface area contributed by atoms with E-state index in [9.17, 15) is 5.11 Å². The number of nitrogens with one attached hydrogen (secondary N) is 1. The van der Waals surface area contributed by atoms with E-state index in [-0.39, 0.29) is 0 Å². The second-order valence-electron chi connectivity index (χ2n) is 4.95. The highest BCUT2D eigenvalue weighted by Crippen LogP contribution is 2.12. The van der Waals surface area contributed by atoms with Gasteiger partial charge in [0.15, 0.2) is 0 Å². The monoisotopic (exact) mass is 281 g/mol. The standard InChI is InChI=1S/C16H27NO3/c1-3-4-9-19-10-8-17-12-15(18)13-20-16-7-5-6-14(2)11-16/h5-7,11,15,17-18H,3-4,8-10,12-13H2,1-2H3. The van der Waals surface area contributed by atoms with Crippen molar-refractivity contribution in [3.8, 4) is 5.75 Å². The molecule has 1 unspecified atom stereocenters. The van der Waals surface area contributed by atoms with E-state index < -0.39 is 6.10 Å². The molecule has 1 aromatic carbocycles. The van der Waals surface area contributed by atoms with Crippen LogP contribution in [0.2, 0.25) is 0 Å². The maximum Gasteiger partial charge on any atom is 0.119 e. The van der Waals surface area contributed by atoms with Gasteiger partial charge < -0.3 is 19.9 Å². The minimum atomic E-state index is -0.508. The maximum atomic E-state index is 9.79. The summed E-state index contributed by atoms with van der Waals surface area (Å²) in [5, 5.41) is 12.9. The topological polar surface area (TPSA) is 50.7 Å². The highest BCUT2D eigenvalue weighted by molar-refractivity contribution is 5.27. The van der Waals surface area contributed by atoms with Crippen LogP contribution < -0.4 is 10.1 Å². The largest absolute Gasteiger partial charge is 0.491 e. The molecule has 4 nitrogen and oxygen atoms in total. The number of unbranched alkanes of at least 4 members (excludes halogenated alkanes) is 1. The first kappa shape index (κ1) is 17.0. The first-order valence-electron chi connectivity index (χ1n) is 7.38. The fourth-order valence-electron chi connectivity index (χ4n) is 1.72. The molecule has 0 aliphatic rings. The summed E-state index contributed by atoms with van der Waals surface area (Å²) in [6.07, 6.45) is 1.75. The molecule has 0 saturated heterocycles. The number of hydrogen-bond acceptors (Lipinski definition) is 4. The number of aryl methyl sites for hydroxylation is 1. The number of benzene rings is 1. The van der Waals surface area contributed by atoms with E-state index in [4.69, 9.17) is 9.47 Å². The molecule has 0 heterocycles. The summed E-state index contributed by atoms with van der Waals surface area (Å²) in [5.41, 5.74) is 1.15. The predicted octanol–water partition coefficient (Wildman–Crippen LogP) is 2.14. The van der Waals surface area contributed by atoms with Gasteiger partial charge in [0, 0.05) is 19.7 Å². The molecule has 0 fully saturated rings. The molecule has 0 radical (unpaired) electrons. The first-order chi connectivity index (χ1) is 9.72. The van der Waals surface area contributed by atoms with E-state index in [1.54, 1.807) is 0 Å². The molecule has 1 aromatic rings. The Morgan fingerprint density at radius 1 is 1.30 bits per heavy atom. The van der Waals surface area contributed by atoms with E-state index >= 15 is 0 Å². The fourth-order valence-corrected chi connectivity index (χ4v) is 1.72. The van der Waals surface area contributed by atoms with Crippen LogP contribution in [0.4, 0.5) is 0 Å². The van der Waals surface area contributed by atoms with Gasteiger partial charge in [-0.05, 0) is 31.0 Å². The van der Waals surface area contributed by atoms with Crippen molar-refractivity contribution in [2.75, 3.05) is 32.9 Å². The van der Waals surface area contributed by atoms with Gasteiger partial charge in [0.05, 0.1) is 6.61 Å². The maximum absolute atomic E-state index is 9.79. The SMILES string of the molecule is CCCCOCCNCC(O)COc1cccc(C)c1. The van der Waals surface area contributed by atoms with Gasteiger partial charge in [0.25, 0.3) is 0 Å². The van der Waals surface area contributed by atoms with Crippen LogP contribution in [-0.4, -0.2) is 44.1 Å². The van der Waals surface area contributed by atoms with Gasteiger partial charge >= 0.3 is 0 Å². The molecule has 1 rings (SSSR count). The lowest BCUT2D eigenvalue weighted by Gasteiger charge is -2.13. The van der Waals surface area contributed by atoms with Crippen molar-refractivity contribution in [1.82, 2.24) is 5.32 Å². The molecule has 114 valence electrons. The number of aliphatic hydroxyl groups excluding tert-OH is 1. The second-order valence-corrected chi connectivity index (χ2v) is 4.95. The Balaban J connectivity index is 2.01. The van der Waals surface area contributed by atoms with E-state index in [1.165, 1.54) is 0 Å². The molecule has 0 aliphatic carbocycles. The van der Waals surface area contributed by atoms with Gasteiger partial charge in [-0.1, -0.05) is 25.5 Å². The normalized spacial score (nSPS) is 12.3. The third kappa shape index (κ3) is 8.15. The van der Waals surface area contributed by atoms with Gasteiger partial charge in [0.1, 0.15) is 18.5 Å². The van der Waals surface area contributed by atoms with Crippen molar-refractivity contribution >= 4 is 0 Å². The smallest absolute Gasteiger partial charge is 0.119 e. The average Bonchev–Trinajstić information content (AvgIpc) is 2.44.